The van der Waals surface area contributed by atoms with Crippen molar-refractivity contribution in [3.63, 3.8) is 0 Å². The predicted molar refractivity (Wildman–Crippen MR) is 76.7 cm³/mol. The number of halogens is 1. The summed E-state index contributed by atoms with van der Waals surface area (Å²) < 4.78 is 5.42. The fourth-order valence-electron chi connectivity index (χ4n) is 1.92. The molecule has 0 saturated heterocycles. The van der Waals surface area contributed by atoms with Crippen molar-refractivity contribution in [3.8, 4) is 17.2 Å². The zero-order chi connectivity index (χ0) is 14.1. The molecule has 1 aromatic heterocycles. The molecule has 102 valence electrons. The highest BCUT2D eigenvalue weighted by atomic mass is 35.5. The van der Waals surface area contributed by atoms with Gasteiger partial charge in [0.1, 0.15) is 28.2 Å². The normalized spacial score (nSPS) is 10.9. The third-order valence-electron chi connectivity index (χ3n) is 2.82. The molecule has 0 saturated carbocycles. The molecule has 0 aliphatic rings. The largest absolute Gasteiger partial charge is 0.506 e. The Bertz CT molecular complexity index is 770. The summed E-state index contributed by atoms with van der Waals surface area (Å²) in [6.45, 7) is 2.45. The molecule has 0 aliphatic carbocycles. The van der Waals surface area contributed by atoms with Crippen molar-refractivity contribution in [3.05, 3.63) is 41.4 Å². The highest BCUT2D eigenvalue weighted by molar-refractivity contribution is 6.31. The molecule has 0 amide bonds. The Morgan fingerprint density at radius 1 is 1.15 bits per heavy atom. The maximum atomic E-state index is 9.95. The van der Waals surface area contributed by atoms with Gasteiger partial charge in [-0.3, -0.25) is 0 Å². The monoisotopic (exact) mass is 289 g/mol. The highest BCUT2D eigenvalue weighted by Gasteiger charge is 2.10. The van der Waals surface area contributed by atoms with E-state index in [9.17, 15) is 5.11 Å². The second-order valence-electron chi connectivity index (χ2n) is 4.21. The van der Waals surface area contributed by atoms with Crippen molar-refractivity contribution >= 4 is 22.6 Å². The molecule has 3 aromatic rings. The number of hydrogen-bond acceptors (Lipinski definition) is 4. The summed E-state index contributed by atoms with van der Waals surface area (Å²) >= 11 is 5.93. The molecule has 0 spiro atoms. The van der Waals surface area contributed by atoms with E-state index < -0.39 is 0 Å². The van der Waals surface area contributed by atoms with E-state index in [0.717, 1.165) is 0 Å². The lowest BCUT2D eigenvalue weighted by Gasteiger charge is -2.07. The van der Waals surface area contributed by atoms with Crippen LogP contribution in [0.5, 0.6) is 11.5 Å². The number of rotatable bonds is 3. The summed E-state index contributed by atoms with van der Waals surface area (Å²) in [5, 5.41) is 19.2. The molecule has 0 unspecified atom stereocenters. The standard InChI is InChI=1S/C14H12ClN3O2/c1-2-20-10-4-6-14(19)13(8-10)18-16-11-5-3-9(15)7-12(11)17-18/h3-8,19H,2H2,1H3. The maximum Gasteiger partial charge on any atom is 0.143 e. The highest BCUT2D eigenvalue weighted by Crippen LogP contribution is 2.27. The van der Waals surface area contributed by atoms with E-state index in [1.54, 1.807) is 36.4 Å². The van der Waals surface area contributed by atoms with Crippen LogP contribution in [-0.2, 0) is 0 Å². The van der Waals surface area contributed by atoms with Crippen LogP contribution in [0.3, 0.4) is 0 Å². The molecule has 6 heteroatoms. The fourth-order valence-corrected chi connectivity index (χ4v) is 2.08. The summed E-state index contributed by atoms with van der Waals surface area (Å²) in [5.41, 5.74) is 1.83. The van der Waals surface area contributed by atoms with Gasteiger partial charge in [-0.25, -0.2) is 0 Å². The Morgan fingerprint density at radius 2 is 1.95 bits per heavy atom. The van der Waals surface area contributed by atoms with Crippen LogP contribution in [0.2, 0.25) is 5.02 Å². The Hall–Kier alpha value is -2.27. The van der Waals surface area contributed by atoms with Gasteiger partial charge in [-0.05, 0) is 37.3 Å². The van der Waals surface area contributed by atoms with Crippen LogP contribution in [0.1, 0.15) is 6.92 Å². The van der Waals surface area contributed by atoms with E-state index in [1.807, 2.05) is 6.92 Å². The second kappa shape index (κ2) is 5.02. The van der Waals surface area contributed by atoms with Crippen LogP contribution in [-0.4, -0.2) is 26.7 Å². The average Bonchev–Trinajstić information content (AvgIpc) is 2.84. The molecule has 0 aliphatic heterocycles. The first kappa shape index (κ1) is 12.7. The minimum atomic E-state index is 0.0832. The van der Waals surface area contributed by atoms with E-state index in [-0.39, 0.29) is 5.75 Å². The zero-order valence-electron chi connectivity index (χ0n) is 10.7. The number of benzene rings is 2. The third kappa shape index (κ3) is 2.28. The van der Waals surface area contributed by atoms with E-state index in [2.05, 4.69) is 10.2 Å². The van der Waals surface area contributed by atoms with Gasteiger partial charge in [-0.15, -0.1) is 15.0 Å². The first-order chi connectivity index (χ1) is 9.67. The number of fused-ring (bicyclic) bond motifs is 1. The van der Waals surface area contributed by atoms with Crippen molar-refractivity contribution in [1.29, 1.82) is 0 Å². The van der Waals surface area contributed by atoms with Crippen LogP contribution >= 0.6 is 11.6 Å². The van der Waals surface area contributed by atoms with Gasteiger partial charge >= 0.3 is 0 Å². The van der Waals surface area contributed by atoms with Crippen LogP contribution in [0.15, 0.2) is 36.4 Å². The molecular weight excluding hydrogens is 278 g/mol. The van der Waals surface area contributed by atoms with Crippen molar-refractivity contribution in [2.24, 2.45) is 0 Å². The van der Waals surface area contributed by atoms with Crippen LogP contribution in [0.25, 0.3) is 16.7 Å². The van der Waals surface area contributed by atoms with Gasteiger partial charge < -0.3 is 9.84 Å². The summed E-state index contributed by atoms with van der Waals surface area (Å²) in [4.78, 5) is 1.37. The predicted octanol–water partition coefficient (Wildman–Crippen LogP) is 3.18. The molecule has 0 fully saturated rings. The van der Waals surface area contributed by atoms with Crippen molar-refractivity contribution in [1.82, 2.24) is 15.0 Å². The van der Waals surface area contributed by atoms with Gasteiger partial charge in [0.15, 0.2) is 0 Å². The topological polar surface area (TPSA) is 60.2 Å². The number of ether oxygens (including phenoxy) is 1. The Kier molecular flexibility index (Phi) is 3.20. The van der Waals surface area contributed by atoms with Crippen molar-refractivity contribution < 1.29 is 9.84 Å². The first-order valence-electron chi connectivity index (χ1n) is 6.16. The number of phenols is 1. The summed E-state index contributed by atoms with van der Waals surface area (Å²) in [6, 6.07) is 10.2. The number of aromatic hydroxyl groups is 1. The van der Waals surface area contributed by atoms with Crippen molar-refractivity contribution in [2.45, 2.75) is 6.92 Å². The molecule has 1 N–H and O–H groups in total. The SMILES string of the molecule is CCOc1ccc(O)c(-n2nc3ccc(Cl)cc3n2)c1. The second-order valence-corrected chi connectivity index (χ2v) is 4.64. The zero-order valence-corrected chi connectivity index (χ0v) is 11.5. The van der Waals surface area contributed by atoms with Gasteiger partial charge in [0.05, 0.1) is 6.61 Å². The van der Waals surface area contributed by atoms with Crippen LogP contribution in [0.4, 0.5) is 0 Å². The average molecular weight is 290 g/mol. The van der Waals surface area contributed by atoms with E-state index in [4.69, 9.17) is 16.3 Å². The Balaban J connectivity index is 2.12. The van der Waals surface area contributed by atoms with Gasteiger partial charge in [0.2, 0.25) is 0 Å². The minimum absolute atomic E-state index is 0.0832. The molecule has 2 aromatic carbocycles. The number of phenolic OH excluding ortho intramolecular Hbond substituents is 1. The van der Waals surface area contributed by atoms with Gasteiger partial charge in [-0.1, -0.05) is 11.6 Å². The first-order valence-corrected chi connectivity index (χ1v) is 6.54. The molecule has 0 bridgehead atoms. The van der Waals surface area contributed by atoms with Gasteiger partial charge in [0, 0.05) is 11.1 Å². The molecule has 5 nitrogen and oxygen atoms in total. The number of hydrogen-bond donors (Lipinski definition) is 1. The lowest BCUT2D eigenvalue weighted by molar-refractivity contribution is 0.339. The Morgan fingerprint density at radius 3 is 2.75 bits per heavy atom. The maximum absolute atomic E-state index is 9.95. The molecule has 20 heavy (non-hydrogen) atoms. The lowest BCUT2D eigenvalue weighted by atomic mass is 10.3. The van der Waals surface area contributed by atoms with E-state index in [0.29, 0.717) is 34.1 Å². The quantitative estimate of drug-likeness (QED) is 0.804. The van der Waals surface area contributed by atoms with Crippen LogP contribution < -0.4 is 4.74 Å². The Labute approximate surface area is 120 Å². The smallest absolute Gasteiger partial charge is 0.143 e. The van der Waals surface area contributed by atoms with Gasteiger partial charge in [0.25, 0.3) is 0 Å². The summed E-state index contributed by atoms with van der Waals surface area (Å²) in [6.07, 6.45) is 0. The van der Waals surface area contributed by atoms with Crippen molar-refractivity contribution in [2.75, 3.05) is 6.61 Å². The van der Waals surface area contributed by atoms with Crippen LogP contribution in [0, 0.1) is 0 Å². The van der Waals surface area contributed by atoms with E-state index >= 15 is 0 Å². The lowest BCUT2D eigenvalue weighted by Crippen LogP contribution is -2.00. The van der Waals surface area contributed by atoms with E-state index in [1.165, 1.54) is 4.80 Å². The molecule has 1 heterocycles. The van der Waals surface area contributed by atoms with Gasteiger partial charge in [-0.2, -0.15) is 0 Å². The molecular formula is C14H12ClN3O2. The molecule has 0 atom stereocenters. The minimum Gasteiger partial charge on any atom is -0.506 e. The summed E-state index contributed by atoms with van der Waals surface area (Å²) in [5.74, 6) is 0.736. The number of nitrogens with zero attached hydrogens (tertiary/aromatic N) is 3. The molecule has 0 radical (unpaired) electrons. The molecule has 3 rings (SSSR count). The summed E-state index contributed by atoms with van der Waals surface area (Å²) in [7, 11) is 0. The third-order valence-corrected chi connectivity index (χ3v) is 3.05. The fraction of sp³-hybridized carbons (Fsp3) is 0.143. The number of aromatic nitrogens is 3.